The van der Waals surface area contributed by atoms with E-state index in [0.29, 0.717) is 6.54 Å². The number of carbonyl (C=O) groups is 1. The van der Waals surface area contributed by atoms with Crippen LogP contribution in [0.3, 0.4) is 0 Å². The van der Waals surface area contributed by atoms with Crippen LogP contribution in [0.1, 0.15) is 11.3 Å². The Bertz CT molecular complexity index is 846. The van der Waals surface area contributed by atoms with Crippen molar-refractivity contribution in [1.82, 2.24) is 9.88 Å². The molecule has 0 bridgehead atoms. The zero-order valence-electron chi connectivity index (χ0n) is 14.0. The standard InChI is InChI=1S/C20H21N3O/c1-15-12-19(17-10-6-7-11-18(17)21-15)22-20(24)14-23(2)13-16-8-4-3-5-9-16/h3-12H,13-14H2,1-2H3,(H,21,22,24). The van der Waals surface area contributed by atoms with Gasteiger partial charge < -0.3 is 5.32 Å². The molecule has 0 aliphatic carbocycles. The van der Waals surface area contributed by atoms with Gasteiger partial charge in [-0.05, 0) is 31.7 Å². The van der Waals surface area contributed by atoms with Crippen LogP contribution in [0.15, 0.2) is 60.7 Å². The van der Waals surface area contributed by atoms with Crippen LogP contribution >= 0.6 is 0 Å². The highest BCUT2D eigenvalue weighted by molar-refractivity contribution is 6.01. The number of aryl methyl sites for hydroxylation is 1. The number of hydrogen-bond acceptors (Lipinski definition) is 3. The van der Waals surface area contributed by atoms with Gasteiger partial charge in [-0.3, -0.25) is 14.7 Å². The zero-order valence-corrected chi connectivity index (χ0v) is 14.0. The normalized spacial score (nSPS) is 11.0. The number of aromatic nitrogens is 1. The van der Waals surface area contributed by atoms with Crippen LogP contribution in [0.2, 0.25) is 0 Å². The molecule has 4 heteroatoms. The van der Waals surface area contributed by atoms with Crippen molar-refractivity contribution < 1.29 is 4.79 Å². The fraction of sp³-hybridized carbons (Fsp3) is 0.200. The first-order valence-electron chi connectivity index (χ1n) is 8.00. The van der Waals surface area contributed by atoms with Gasteiger partial charge in [0.2, 0.25) is 5.91 Å². The predicted octanol–water partition coefficient (Wildman–Crippen LogP) is 3.61. The number of benzene rings is 2. The summed E-state index contributed by atoms with van der Waals surface area (Å²) in [5.74, 6) is -0.0239. The molecule has 1 N–H and O–H groups in total. The second-order valence-electron chi connectivity index (χ2n) is 6.03. The molecule has 2 aromatic carbocycles. The van der Waals surface area contributed by atoms with Gasteiger partial charge in [-0.15, -0.1) is 0 Å². The fourth-order valence-corrected chi connectivity index (χ4v) is 2.80. The van der Waals surface area contributed by atoms with E-state index in [1.54, 1.807) is 0 Å². The number of rotatable bonds is 5. The fourth-order valence-electron chi connectivity index (χ4n) is 2.80. The molecule has 122 valence electrons. The lowest BCUT2D eigenvalue weighted by molar-refractivity contribution is -0.117. The Morgan fingerprint density at radius 2 is 1.79 bits per heavy atom. The summed E-state index contributed by atoms with van der Waals surface area (Å²) in [6.07, 6.45) is 0. The number of anilines is 1. The van der Waals surface area contributed by atoms with E-state index in [1.165, 1.54) is 5.56 Å². The number of nitrogens with zero attached hydrogens (tertiary/aromatic N) is 2. The number of para-hydroxylation sites is 1. The summed E-state index contributed by atoms with van der Waals surface area (Å²) < 4.78 is 0. The average Bonchev–Trinajstić information content (AvgIpc) is 2.55. The van der Waals surface area contributed by atoms with Gasteiger partial charge in [-0.2, -0.15) is 0 Å². The zero-order chi connectivity index (χ0) is 16.9. The third-order valence-corrected chi connectivity index (χ3v) is 3.83. The molecule has 0 aliphatic heterocycles. The number of hydrogen-bond donors (Lipinski definition) is 1. The number of carbonyl (C=O) groups excluding carboxylic acids is 1. The van der Waals surface area contributed by atoms with E-state index in [9.17, 15) is 4.79 Å². The summed E-state index contributed by atoms with van der Waals surface area (Å²) in [5, 5.41) is 3.98. The van der Waals surface area contributed by atoms with Crippen molar-refractivity contribution in [3.8, 4) is 0 Å². The molecule has 0 fully saturated rings. The molecule has 0 radical (unpaired) electrons. The number of pyridine rings is 1. The van der Waals surface area contributed by atoms with Gasteiger partial charge >= 0.3 is 0 Å². The molecule has 24 heavy (non-hydrogen) atoms. The maximum atomic E-state index is 12.4. The molecule has 0 atom stereocenters. The largest absolute Gasteiger partial charge is 0.324 e. The van der Waals surface area contributed by atoms with E-state index in [2.05, 4.69) is 22.4 Å². The molecule has 0 aliphatic rings. The van der Waals surface area contributed by atoms with Crippen LogP contribution < -0.4 is 5.32 Å². The summed E-state index contributed by atoms with van der Waals surface area (Å²) in [5.41, 5.74) is 3.79. The molecule has 0 saturated heterocycles. The number of amides is 1. The topological polar surface area (TPSA) is 45.2 Å². The molecule has 1 heterocycles. The molecule has 3 aromatic rings. The Kier molecular flexibility index (Phi) is 4.87. The first-order chi connectivity index (χ1) is 11.6. The van der Waals surface area contributed by atoms with E-state index < -0.39 is 0 Å². The molecule has 1 aromatic heterocycles. The van der Waals surface area contributed by atoms with Gasteiger partial charge in [-0.1, -0.05) is 48.5 Å². The Labute approximate surface area is 142 Å². The highest BCUT2D eigenvalue weighted by Crippen LogP contribution is 2.22. The molecule has 0 spiro atoms. The van der Waals surface area contributed by atoms with Gasteiger partial charge in [0.15, 0.2) is 0 Å². The van der Waals surface area contributed by atoms with Gasteiger partial charge in [0.25, 0.3) is 0 Å². The molecule has 0 unspecified atom stereocenters. The Morgan fingerprint density at radius 3 is 2.58 bits per heavy atom. The summed E-state index contributed by atoms with van der Waals surface area (Å²) in [6, 6.07) is 19.9. The highest BCUT2D eigenvalue weighted by atomic mass is 16.2. The van der Waals surface area contributed by atoms with Crippen molar-refractivity contribution in [3.63, 3.8) is 0 Å². The second-order valence-corrected chi connectivity index (χ2v) is 6.03. The minimum Gasteiger partial charge on any atom is -0.324 e. The van der Waals surface area contributed by atoms with E-state index in [-0.39, 0.29) is 5.91 Å². The molecular weight excluding hydrogens is 298 g/mol. The van der Waals surface area contributed by atoms with Crippen LogP contribution in [0.4, 0.5) is 5.69 Å². The smallest absolute Gasteiger partial charge is 0.238 e. The quantitative estimate of drug-likeness (QED) is 0.781. The van der Waals surface area contributed by atoms with Crippen molar-refractivity contribution in [3.05, 3.63) is 71.9 Å². The van der Waals surface area contributed by atoms with Crippen LogP contribution in [0, 0.1) is 6.92 Å². The summed E-state index contributed by atoms with van der Waals surface area (Å²) >= 11 is 0. The maximum absolute atomic E-state index is 12.4. The van der Waals surface area contributed by atoms with Crippen molar-refractivity contribution >= 4 is 22.5 Å². The van der Waals surface area contributed by atoms with Crippen molar-refractivity contribution in [2.45, 2.75) is 13.5 Å². The van der Waals surface area contributed by atoms with Crippen molar-refractivity contribution in [2.24, 2.45) is 0 Å². The summed E-state index contributed by atoms with van der Waals surface area (Å²) in [6.45, 7) is 3.01. The summed E-state index contributed by atoms with van der Waals surface area (Å²) in [7, 11) is 1.95. The predicted molar refractivity (Wildman–Crippen MR) is 97.9 cm³/mol. The lowest BCUT2D eigenvalue weighted by atomic mass is 10.1. The average molecular weight is 319 g/mol. The third-order valence-electron chi connectivity index (χ3n) is 3.83. The van der Waals surface area contributed by atoms with Crippen molar-refractivity contribution in [2.75, 3.05) is 18.9 Å². The Balaban J connectivity index is 1.69. The first kappa shape index (κ1) is 16.1. The molecular formula is C20H21N3O. The Hall–Kier alpha value is -2.72. The second kappa shape index (κ2) is 7.23. The highest BCUT2D eigenvalue weighted by Gasteiger charge is 2.10. The SMILES string of the molecule is Cc1cc(NC(=O)CN(C)Cc2ccccc2)c2ccccc2n1. The number of likely N-dealkylation sites (N-methyl/N-ethyl adjacent to an activating group) is 1. The van der Waals surface area contributed by atoms with E-state index in [0.717, 1.165) is 28.8 Å². The first-order valence-corrected chi connectivity index (χ1v) is 8.00. The molecule has 3 rings (SSSR count). The monoisotopic (exact) mass is 319 g/mol. The lowest BCUT2D eigenvalue weighted by Gasteiger charge is -2.17. The lowest BCUT2D eigenvalue weighted by Crippen LogP contribution is -2.29. The summed E-state index contributed by atoms with van der Waals surface area (Å²) in [4.78, 5) is 18.9. The van der Waals surface area contributed by atoms with E-state index in [1.807, 2.05) is 67.4 Å². The van der Waals surface area contributed by atoms with Crippen molar-refractivity contribution in [1.29, 1.82) is 0 Å². The van der Waals surface area contributed by atoms with Crippen LogP contribution in [-0.2, 0) is 11.3 Å². The van der Waals surface area contributed by atoms with Gasteiger partial charge in [0, 0.05) is 17.6 Å². The van der Waals surface area contributed by atoms with Gasteiger partial charge in [0.1, 0.15) is 0 Å². The molecule has 1 amide bonds. The maximum Gasteiger partial charge on any atom is 0.238 e. The minimum atomic E-state index is -0.0239. The molecule has 0 saturated carbocycles. The van der Waals surface area contributed by atoms with E-state index in [4.69, 9.17) is 0 Å². The van der Waals surface area contributed by atoms with Crippen LogP contribution in [0.5, 0.6) is 0 Å². The van der Waals surface area contributed by atoms with Crippen LogP contribution in [0.25, 0.3) is 10.9 Å². The minimum absolute atomic E-state index is 0.0239. The Morgan fingerprint density at radius 1 is 1.08 bits per heavy atom. The van der Waals surface area contributed by atoms with Gasteiger partial charge in [0.05, 0.1) is 17.7 Å². The van der Waals surface area contributed by atoms with Gasteiger partial charge in [-0.25, -0.2) is 0 Å². The molecule has 4 nitrogen and oxygen atoms in total. The third kappa shape index (κ3) is 3.97. The number of nitrogens with one attached hydrogen (secondary N) is 1. The number of fused-ring (bicyclic) bond motifs is 1. The van der Waals surface area contributed by atoms with Crippen LogP contribution in [-0.4, -0.2) is 29.4 Å². The van der Waals surface area contributed by atoms with E-state index >= 15 is 0 Å².